The van der Waals surface area contributed by atoms with Gasteiger partial charge in [0.15, 0.2) is 0 Å². The number of rotatable bonds is 3. The fourth-order valence-corrected chi connectivity index (χ4v) is 1.33. The standard InChI is InChI=1S/C10H11FN2O3/c1-6(12-7(2)14)8-3-4-9(11)10(5-8)13(15)16/h3-6H,1-2H3,(H,12,14)/t6-/m1/s1. The van der Waals surface area contributed by atoms with Crippen molar-refractivity contribution >= 4 is 11.6 Å². The highest BCUT2D eigenvalue weighted by molar-refractivity contribution is 5.73. The lowest BCUT2D eigenvalue weighted by molar-refractivity contribution is -0.387. The predicted molar refractivity (Wildman–Crippen MR) is 55.3 cm³/mol. The average molecular weight is 226 g/mol. The first-order valence-electron chi connectivity index (χ1n) is 4.62. The maximum Gasteiger partial charge on any atom is 0.305 e. The number of nitro benzene ring substituents is 1. The van der Waals surface area contributed by atoms with Crippen molar-refractivity contribution in [2.75, 3.05) is 0 Å². The largest absolute Gasteiger partial charge is 0.350 e. The van der Waals surface area contributed by atoms with Gasteiger partial charge in [0.05, 0.1) is 11.0 Å². The van der Waals surface area contributed by atoms with Crippen LogP contribution in [0.2, 0.25) is 0 Å². The molecule has 6 heteroatoms. The van der Waals surface area contributed by atoms with Crippen molar-refractivity contribution in [1.82, 2.24) is 5.32 Å². The van der Waals surface area contributed by atoms with Crippen LogP contribution < -0.4 is 5.32 Å². The molecule has 1 amide bonds. The lowest BCUT2D eigenvalue weighted by Gasteiger charge is -2.12. The zero-order chi connectivity index (χ0) is 12.3. The summed E-state index contributed by atoms with van der Waals surface area (Å²) >= 11 is 0. The average Bonchev–Trinajstić information content (AvgIpc) is 2.16. The highest BCUT2D eigenvalue weighted by Gasteiger charge is 2.17. The Hall–Kier alpha value is -1.98. The van der Waals surface area contributed by atoms with Crippen molar-refractivity contribution in [2.45, 2.75) is 19.9 Å². The lowest BCUT2D eigenvalue weighted by Crippen LogP contribution is -2.23. The van der Waals surface area contributed by atoms with Gasteiger partial charge in [-0.05, 0) is 18.6 Å². The van der Waals surface area contributed by atoms with Crippen LogP contribution in [0.15, 0.2) is 18.2 Å². The minimum atomic E-state index is -0.885. The summed E-state index contributed by atoms with van der Waals surface area (Å²) in [6.07, 6.45) is 0. The summed E-state index contributed by atoms with van der Waals surface area (Å²) in [7, 11) is 0. The number of amides is 1. The van der Waals surface area contributed by atoms with Gasteiger partial charge in [0.2, 0.25) is 11.7 Å². The first kappa shape index (κ1) is 12.1. The number of halogens is 1. The molecule has 1 atom stereocenters. The number of hydrogen-bond donors (Lipinski definition) is 1. The Morgan fingerprint density at radius 1 is 1.56 bits per heavy atom. The Labute approximate surface area is 91.4 Å². The maximum atomic E-state index is 13.0. The summed E-state index contributed by atoms with van der Waals surface area (Å²) in [5.41, 5.74) is -0.0991. The van der Waals surface area contributed by atoms with E-state index in [0.29, 0.717) is 5.56 Å². The van der Waals surface area contributed by atoms with Crippen LogP contribution in [0.5, 0.6) is 0 Å². The van der Waals surface area contributed by atoms with E-state index in [1.165, 1.54) is 13.0 Å². The Morgan fingerprint density at radius 2 is 2.19 bits per heavy atom. The van der Waals surface area contributed by atoms with Gasteiger partial charge in [-0.25, -0.2) is 0 Å². The molecule has 0 aliphatic rings. The molecule has 0 aliphatic heterocycles. The zero-order valence-electron chi connectivity index (χ0n) is 8.86. The normalized spacial score (nSPS) is 11.9. The number of benzene rings is 1. The molecule has 1 rings (SSSR count). The second-order valence-electron chi connectivity index (χ2n) is 3.39. The van der Waals surface area contributed by atoms with Gasteiger partial charge < -0.3 is 5.32 Å². The van der Waals surface area contributed by atoms with E-state index < -0.39 is 22.5 Å². The first-order valence-corrected chi connectivity index (χ1v) is 4.62. The molecular formula is C10H11FN2O3. The summed E-state index contributed by atoms with van der Waals surface area (Å²) < 4.78 is 13.0. The smallest absolute Gasteiger partial charge is 0.305 e. The molecule has 0 aliphatic carbocycles. The molecule has 1 aromatic rings. The lowest BCUT2D eigenvalue weighted by atomic mass is 10.1. The molecule has 0 spiro atoms. The van der Waals surface area contributed by atoms with Gasteiger partial charge in [-0.1, -0.05) is 6.07 Å². The maximum absolute atomic E-state index is 13.0. The van der Waals surface area contributed by atoms with Gasteiger partial charge in [0.1, 0.15) is 0 Å². The van der Waals surface area contributed by atoms with E-state index in [2.05, 4.69) is 5.32 Å². The van der Waals surface area contributed by atoms with Gasteiger partial charge in [0.25, 0.3) is 0 Å². The van der Waals surface area contributed by atoms with Crippen molar-refractivity contribution in [3.05, 3.63) is 39.7 Å². The molecule has 0 saturated carbocycles. The van der Waals surface area contributed by atoms with Crippen molar-refractivity contribution in [3.8, 4) is 0 Å². The van der Waals surface area contributed by atoms with Crippen LogP contribution in [0, 0.1) is 15.9 Å². The van der Waals surface area contributed by atoms with E-state index in [9.17, 15) is 19.3 Å². The summed E-state index contributed by atoms with van der Waals surface area (Å²) in [4.78, 5) is 20.5. The van der Waals surface area contributed by atoms with Gasteiger partial charge in [-0.3, -0.25) is 14.9 Å². The topological polar surface area (TPSA) is 72.2 Å². The Balaban J connectivity index is 3.02. The quantitative estimate of drug-likeness (QED) is 0.632. The highest BCUT2D eigenvalue weighted by atomic mass is 19.1. The molecule has 1 N–H and O–H groups in total. The Bertz CT molecular complexity index is 434. The molecule has 0 aromatic heterocycles. The molecule has 0 unspecified atom stereocenters. The van der Waals surface area contributed by atoms with Crippen LogP contribution in [-0.2, 0) is 4.79 Å². The summed E-state index contributed by atoms with van der Waals surface area (Å²) in [6.45, 7) is 3.01. The Morgan fingerprint density at radius 3 is 2.69 bits per heavy atom. The predicted octanol–water partition coefficient (Wildman–Crippen LogP) is 1.93. The minimum Gasteiger partial charge on any atom is -0.350 e. The van der Waals surface area contributed by atoms with Crippen LogP contribution in [0.1, 0.15) is 25.5 Å². The second-order valence-corrected chi connectivity index (χ2v) is 3.39. The number of nitro groups is 1. The van der Waals surface area contributed by atoms with Crippen LogP contribution >= 0.6 is 0 Å². The van der Waals surface area contributed by atoms with Crippen molar-refractivity contribution in [1.29, 1.82) is 0 Å². The summed E-state index contributed by atoms with van der Waals surface area (Å²) in [5, 5.41) is 13.1. The molecule has 0 bridgehead atoms. The molecule has 0 radical (unpaired) electrons. The fourth-order valence-electron chi connectivity index (χ4n) is 1.33. The summed E-state index contributed by atoms with van der Waals surface area (Å²) in [5.74, 6) is -1.14. The van der Waals surface area contributed by atoms with E-state index in [0.717, 1.165) is 12.1 Å². The molecule has 1 aromatic carbocycles. The van der Waals surface area contributed by atoms with Crippen molar-refractivity contribution in [2.24, 2.45) is 0 Å². The van der Waals surface area contributed by atoms with Crippen molar-refractivity contribution < 1.29 is 14.1 Å². The molecule has 86 valence electrons. The van der Waals surface area contributed by atoms with E-state index in [-0.39, 0.29) is 5.91 Å². The third-order valence-electron chi connectivity index (χ3n) is 2.09. The van der Waals surface area contributed by atoms with Gasteiger partial charge in [-0.15, -0.1) is 0 Å². The van der Waals surface area contributed by atoms with E-state index in [1.807, 2.05) is 0 Å². The second kappa shape index (κ2) is 4.69. The minimum absolute atomic E-state index is 0.250. The van der Waals surface area contributed by atoms with Gasteiger partial charge in [-0.2, -0.15) is 4.39 Å². The van der Waals surface area contributed by atoms with Crippen molar-refractivity contribution in [3.63, 3.8) is 0 Å². The van der Waals surface area contributed by atoms with Crippen LogP contribution in [0.4, 0.5) is 10.1 Å². The van der Waals surface area contributed by atoms with E-state index >= 15 is 0 Å². The number of nitrogens with zero attached hydrogens (tertiary/aromatic N) is 1. The van der Waals surface area contributed by atoms with E-state index in [1.54, 1.807) is 6.92 Å². The zero-order valence-corrected chi connectivity index (χ0v) is 8.86. The number of carbonyl (C=O) groups is 1. The number of hydrogen-bond acceptors (Lipinski definition) is 3. The molecule has 5 nitrogen and oxygen atoms in total. The highest BCUT2D eigenvalue weighted by Crippen LogP contribution is 2.22. The number of nitrogens with one attached hydrogen (secondary N) is 1. The third-order valence-corrected chi connectivity index (χ3v) is 2.09. The molecule has 0 saturated heterocycles. The fraction of sp³-hybridized carbons (Fsp3) is 0.300. The molecule has 0 fully saturated rings. The molecule has 0 heterocycles. The third kappa shape index (κ3) is 2.75. The monoisotopic (exact) mass is 226 g/mol. The first-order chi connectivity index (χ1) is 7.41. The van der Waals surface area contributed by atoms with Crippen LogP contribution in [0.3, 0.4) is 0 Å². The van der Waals surface area contributed by atoms with Gasteiger partial charge in [0, 0.05) is 13.0 Å². The SMILES string of the molecule is CC(=O)N[C@H](C)c1ccc(F)c([N+](=O)[O-])c1. The molecular weight excluding hydrogens is 215 g/mol. The molecule has 16 heavy (non-hydrogen) atoms. The summed E-state index contributed by atoms with van der Waals surface area (Å²) in [6, 6.07) is 3.15. The van der Waals surface area contributed by atoms with Crippen LogP contribution in [0.25, 0.3) is 0 Å². The van der Waals surface area contributed by atoms with Gasteiger partial charge >= 0.3 is 5.69 Å². The van der Waals surface area contributed by atoms with E-state index in [4.69, 9.17) is 0 Å². The number of carbonyl (C=O) groups excluding carboxylic acids is 1. The Kier molecular flexibility index (Phi) is 3.55. The van der Waals surface area contributed by atoms with Crippen LogP contribution in [-0.4, -0.2) is 10.8 Å².